The van der Waals surface area contributed by atoms with E-state index in [-0.39, 0.29) is 6.07 Å². The summed E-state index contributed by atoms with van der Waals surface area (Å²) in [4.78, 5) is 1.82. The molecule has 4 N–H and O–H groups in total. The topological polar surface area (TPSA) is 108 Å². The second-order valence-corrected chi connectivity index (χ2v) is 4.94. The number of nitrogens with zero attached hydrogens (tertiary/aromatic N) is 1. The highest BCUT2D eigenvalue weighted by atomic mass is 32.2. The van der Waals surface area contributed by atoms with E-state index in [2.05, 4.69) is 14.9 Å². The number of aromatic nitrogens is 1. The minimum Gasteiger partial charge on any atom is -0.404 e. The number of sulfonamides is 1. The molecule has 0 saturated carbocycles. The Morgan fingerprint density at radius 3 is 2.25 bits per heavy atom. The summed E-state index contributed by atoms with van der Waals surface area (Å²) in [7, 11) is -4.71. The van der Waals surface area contributed by atoms with Gasteiger partial charge in [-0.25, -0.2) is 27.3 Å². The molecule has 12 heteroatoms. The maximum Gasteiger partial charge on any atom is 0.573 e. The number of alkyl halides is 5. The van der Waals surface area contributed by atoms with Crippen molar-refractivity contribution in [1.29, 1.82) is 0 Å². The summed E-state index contributed by atoms with van der Waals surface area (Å²) in [5, 5.41) is 4.65. The lowest BCUT2D eigenvalue weighted by Gasteiger charge is -2.15. The quantitative estimate of drug-likeness (QED) is 0.805. The van der Waals surface area contributed by atoms with Crippen LogP contribution in [-0.2, 0) is 16.6 Å². The van der Waals surface area contributed by atoms with Crippen molar-refractivity contribution in [3.8, 4) is 5.75 Å². The molecule has 1 heterocycles. The Morgan fingerprint density at radius 2 is 1.90 bits per heavy atom. The zero-order valence-corrected chi connectivity index (χ0v) is 10.3. The van der Waals surface area contributed by atoms with E-state index in [1.165, 1.54) is 0 Å². The van der Waals surface area contributed by atoms with Gasteiger partial charge in [-0.05, 0) is 0 Å². The van der Waals surface area contributed by atoms with Gasteiger partial charge in [-0.1, -0.05) is 0 Å². The van der Waals surface area contributed by atoms with Crippen LogP contribution in [0.15, 0.2) is 11.0 Å². The first-order valence-corrected chi connectivity index (χ1v) is 6.31. The lowest BCUT2D eigenvalue weighted by molar-refractivity contribution is -0.275. The average molecular weight is 321 g/mol. The Hall–Kier alpha value is -1.53. The third-order valence-corrected chi connectivity index (χ3v) is 2.93. The van der Waals surface area contributed by atoms with Gasteiger partial charge in [0.2, 0.25) is 10.0 Å². The molecule has 1 aromatic heterocycles. The first kappa shape index (κ1) is 16.5. The number of primary sulfonamides is 1. The summed E-state index contributed by atoms with van der Waals surface area (Å²) in [6.07, 6.45) is -8.54. The summed E-state index contributed by atoms with van der Waals surface area (Å²) >= 11 is 0. The second kappa shape index (κ2) is 5.46. The smallest absolute Gasteiger partial charge is 0.404 e. The summed E-state index contributed by atoms with van der Waals surface area (Å²) < 4.78 is 87.4. The van der Waals surface area contributed by atoms with Gasteiger partial charge < -0.3 is 10.5 Å². The van der Waals surface area contributed by atoms with Crippen molar-refractivity contribution in [1.82, 2.24) is 4.98 Å². The highest BCUT2D eigenvalue weighted by Gasteiger charge is 2.34. The lowest BCUT2D eigenvalue weighted by atomic mass is 10.2. The molecule has 0 aliphatic carbocycles. The van der Waals surface area contributed by atoms with E-state index < -0.39 is 51.4 Å². The molecule has 0 radical (unpaired) electrons. The van der Waals surface area contributed by atoms with E-state index in [0.29, 0.717) is 0 Å². The van der Waals surface area contributed by atoms with Crippen molar-refractivity contribution in [2.75, 3.05) is 0 Å². The number of pyridine rings is 1. The molecule has 0 fully saturated rings. The number of ether oxygens (including phenoxy) is 1. The molecule has 1 aromatic rings. The van der Waals surface area contributed by atoms with Crippen LogP contribution in [-0.4, -0.2) is 19.8 Å². The lowest BCUT2D eigenvalue weighted by Crippen LogP contribution is -2.22. The maximum absolute atomic E-state index is 12.7. The zero-order valence-electron chi connectivity index (χ0n) is 9.49. The predicted molar refractivity (Wildman–Crippen MR) is 55.1 cm³/mol. The molecule has 0 aliphatic heterocycles. The first-order valence-electron chi connectivity index (χ1n) is 4.76. The van der Waals surface area contributed by atoms with Gasteiger partial charge in [-0.15, -0.1) is 13.2 Å². The SMILES string of the molecule is NCc1nc(C(F)F)c(S(N)(=O)=O)cc1OC(F)(F)F. The minimum atomic E-state index is -5.17. The predicted octanol–water partition coefficient (Wildman–Crippen LogP) is 1.02. The fraction of sp³-hybridized carbons (Fsp3) is 0.375. The zero-order chi connectivity index (χ0) is 15.7. The molecule has 0 amide bonds. The Kier molecular flexibility index (Phi) is 4.51. The summed E-state index contributed by atoms with van der Waals surface area (Å²) in [5.74, 6) is -1.10. The van der Waals surface area contributed by atoms with Crippen LogP contribution in [0.2, 0.25) is 0 Å². The van der Waals surface area contributed by atoms with Crippen LogP contribution in [0.1, 0.15) is 17.8 Å². The molecule has 0 aromatic carbocycles. The minimum absolute atomic E-state index is 0.222. The standard InChI is InChI=1S/C8H8F5N3O3S/c9-7(10)6-5(20(15,17)18)1-4(3(2-14)16-6)19-8(11,12)13/h1,7H,2,14H2,(H2,15,17,18). The molecular weight excluding hydrogens is 313 g/mol. The summed E-state index contributed by atoms with van der Waals surface area (Å²) in [6, 6.07) is 0.222. The number of halogens is 5. The number of hydrogen-bond acceptors (Lipinski definition) is 5. The van der Waals surface area contributed by atoms with E-state index >= 15 is 0 Å². The van der Waals surface area contributed by atoms with Crippen LogP contribution in [0.5, 0.6) is 5.75 Å². The first-order chi connectivity index (χ1) is 8.95. The van der Waals surface area contributed by atoms with Gasteiger partial charge in [0, 0.05) is 12.6 Å². The molecule has 1 rings (SSSR count). The van der Waals surface area contributed by atoms with Crippen molar-refractivity contribution in [2.45, 2.75) is 24.2 Å². The molecule has 114 valence electrons. The Balaban J connectivity index is 3.55. The third kappa shape index (κ3) is 3.98. The van der Waals surface area contributed by atoms with Gasteiger partial charge >= 0.3 is 6.36 Å². The average Bonchev–Trinajstić information content (AvgIpc) is 2.24. The fourth-order valence-electron chi connectivity index (χ4n) is 1.28. The number of hydrogen-bond donors (Lipinski definition) is 2. The Morgan fingerprint density at radius 1 is 1.35 bits per heavy atom. The summed E-state index contributed by atoms with van der Waals surface area (Å²) in [5.41, 5.74) is 3.10. The van der Waals surface area contributed by atoms with Gasteiger partial charge in [-0.3, -0.25) is 0 Å². The molecule has 0 spiro atoms. The van der Waals surface area contributed by atoms with Gasteiger partial charge in [0.05, 0.1) is 5.69 Å². The van der Waals surface area contributed by atoms with E-state index in [1.54, 1.807) is 0 Å². The second-order valence-electron chi connectivity index (χ2n) is 3.41. The van der Waals surface area contributed by atoms with Crippen molar-refractivity contribution < 1.29 is 35.1 Å². The Labute approximate surface area is 109 Å². The van der Waals surface area contributed by atoms with Crippen molar-refractivity contribution in [2.24, 2.45) is 10.9 Å². The highest BCUT2D eigenvalue weighted by molar-refractivity contribution is 7.89. The van der Waals surface area contributed by atoms with Gasteiger partial charge in [0.15, 0.2) is 5.75 Å². The third-order valence-electron chi connectivity index (χ3n) is 1.99. The van der Waals surface area contributed by atoms with Gasteiger partial charge in [0.1, 0.15) is 10.6 Å². The van der Waals surface area contributed by atoms with E-state index in [1.807, 2.05) is 0 Å². The van der Waals surface area contributed by atoms with Crippen LogP contribution in [0.3, 0.4) is 0 Å². The molecule has 0 atom stereocenters. The molecule has 20 heavy (non-hydrogen) atoms. The number of rotatable bonds is 4. The molecule has 0 unspecified atom stereocenters. The van der Waals surface area contributed by atoms with Crippen LogP contribution in [0.4, 0.5) is 22.0 Å². The molecular formula is C8H8F5N3O3S. The van der Waals surface area contributed by atoms with Gasteiger partial charge in [-0.2, -0.15) is 0 Å². The molecule has 0 aliphatic rings. The van der Waals surface area contributed by atoms with Crippen molar-refractivity contribution >= 4 is 10.0 Å². The van der Waals surface area contributed by atoms with Crippen LogP contribution >= 0.6 is 0 Å². The molecule has 0 saturated heterocycles. The normalized spacial score (nSPS) is 12.8. The Bertz CT molecular complexity index is 602. The number of nitrogens with two attached hydrogens (primary N) is 2. The summed E-state index contributed by atoms with van der Waals surface area (Å²) in [6.45, 7) is -0.671. The van der Waals surface area contributed by atoms with Crippen molar-refractivity contribution in [3.05, 3.63) is 17.5 Å². The largest absolute Gasteiger partial charge is 0.573 e. The van der Waals surface area contributed by atoms with Crippen LogP contribution in [0, 0.1) is 0 Å². The fourth-order valence-corrected chi connectivity index (χ4v) is 1.97. The van der Waals surface area contributed by atoms with Crippen molar-refractivity contribution in [3.63, 3.8) is 0 Å². The maximum atomic E-state index is 12.7. The molecule has 6 nitrogen and oxygen atoms in total. The van der Waals surface area contributed by atoms with Crippen LogP contribution < -0.4 is 15.6 Å². The highest BCUT2D eigenvalue weighted by Crippen LogP contribution is 2.32. The van der Waals surface area contributed by atoms with E-state index in [0.717, 1.165) is 0 Å². The monoisotopic (exact) mass is 321 g/mol. The molecule has 0 bridgehead atoms. The van der Waals surface area contributed by atoms with E-state index in [4.69, 9.17) is 5.73 Å². The van der Waals surface area contributed by atoms with Gasteiger partial charge in [0.25, 0.3) is 6.43 Å². The van der Waals surface area contributed by atoms with E-state index in [9.17, 15) is 30.4 Å². The van der Waals surface area contributed by atoms with Crippen LogP contribution in [0.25, 0.3) is 0 Å².